The zero-order chi connectivity index (χ0) is 18.4. The molecule has 7 nitrogen and oxygen atoms in total. The molecule has 26 heavy (non-hydrogen) atoms. The summed E-state index contributed by atoms with van der Waals surface area (Å²) in [5, 5.41) is 8.06. The molecule has 0 saturated carbocycles. The van der Waals surface area contributed by atoms with Crippen molar-refractivity contribution in [3.8, 4) is 5.75 Å². The van der Waals surface area contributed by atoms with Gasteiger partial charge in [-0.2, -0.15) is 0 Å². The Bertz CT molecular complexity index is 777. The molecular weight excluding hydrogens is 352 g/mol. The van der Waals surface area contributed by atoms with Crippen molar-refractivity contribution in [2.75, 3.05) is 31.1 Å². The van der Waals surface area contributed by atoms with E-state index in [0.29, 0.717) is 37.1 Å². The molecule has 3 rings (SSSR count). The number of aryl methyl sites for hydroxylation is 1. The maximum atomic E-state index is 12.0. The number of thiazole rings is 1. The van der Waals surface area contributed by atoms with Crippen LogP contribution in [0.4, 0.5) is 9.93 Å². The van der Waals surface area contributed by atoms with Crippen LogP contribution in [-0.4, -0.2) is 43.2 Å². The summed E-state index contributed by atoms with van der Waals surface area (Å²) in [4.78, 5) is 29.6. The van der Waals surface area contributed by atoms with Crippen molar-refractivity contribution in [2.24, 2.45) is 0 Å². The zero-order valence-corrected chi connectivity index (χ0v) is 15.5. The summed E-state index contributed by atoms with van der Waals surface area (Å²) in [6.07, 6.45) is 0.945. The molecule has 1 aromatic heterocycles. The van der Waals surface area contributed by atoms with Gasteiger partial charge in [-0.1, -0.05) is 12.1 Å². The number of hydrogen-bond acceptors (Lipinski definition) is 5. The molecular formula is C18H22N4O3S. The Kier molecular flexibility index (Phi) is 6.06. The van der Waals surface area contributed by atoms with Crippen LogP contribution in [0, 0.1) is 6.92 Å². The van der Waals surface area contributed by atoms with Gasteiger partial charge >= 0.3 is 6.03 Å². The highest BCUT2D eigenvalue weighted by molar-refractivity contribution is 7.14. The second-order valence-corrected chi connectivity index (χ2v) is 6.89. The standard InChI is InChI=1S/C18H22N4O3S/c1-13-4-2-5-15(10-13)25-9-3-6-19-16(23)11-14-12-26-18(21-14)22-8-7-20-17(22)24/h2,4-5,10,12H,3,6-9,11H2,1H3,(H,19,23)(H,20,24). The van der Waals surface area contributed by atoms with Gasteiger partial charge in [-0.05, 0) is 31.0 Å². The molecule has 138 valence electrons. The van der Waals surface area contributed by atoms with Crippen LogP contribution in [0.3, 0.4) is 0 Å². The van der Waals surface area contributed by atoms with Crippen LogP contribution in [0.15, 0.2) is 29.6 Å². The van der Waals surface area contributed by atoms with Gasteiger partial charge in [0.05, 0.1) is 18.7 Å². The van der Waals surface area contributed by atoms with Crippen LogP contribution >= 0.6 is 11.3 Å². The number of rotatable bonds is 8. The summed E-state index contributed by atoms with van der Waals surface area (Å²) in [6.45, 7) is 4.36. The predicted molar refractivity (Wildman–Crippen MR) is 101 cm³/mol. The Morgan fingerprint density at radius 3 is 3.12 bits per heavy atom. The van der Waals surface area contributed by atoms with Crippen molar-refractivity contribution in [1.82, 2.24) is 15.6 Å². The van der Waals surface area contributed by atoms with Crippen LogP contribution in [-0.2, 0) is 11.2 Å². The molecule has 1 saturated heterocycles. The number of urea groups is 1. The maximum Gasteiger partial charge on any atom is 0.323 e. The molecule has 0 spiro atoms. The number of nitrogens with one attached hydrogen (secondary N) is 2. The lowest BCUT2D eigenvalue weighted by Crippen LogP contribution is -2.28. The number of aromatic nitrogens is 1. The second kappa shape index (κ2) is 8.66. The zero-order valence-electron chi connectivity index (χ0n) is 14.7. The van der Waals surface area contributed by atoms with Crippen LogP contribution in [0.5, 0.6) is 5.75 Å². The van der Waals surface area contributed by atoms with E-state index >= 15 is 0 Å². The monoisotopic (exact) mass is 374 g/mol. The number of anilines is 1. The third kappa shape index (κ3) is 4.95. The minimum atomic E-state index is -0.135. The first-order chi connectivity index (χ1) is 12.6. The molecule has 0 aliphatic carbocycles. The van der Waals surface area contributed by atoms with Gasteiger partial charge in [0.15, 0.2) is 5.13 Å². The van der Waals surface area contributed by atoms with E-state index < -0.39 is 0 Å². The molecule has 1 fully saturated rings. The summed E-state index contributed by atoms with van der Waals surface area (Å²) < 4.78 is 5.65. The van der Waals surface area contributed by atoms with Crippen LogP contribution in [0.25, 0.3) is 0 Å². The fourth-order valence-corrected chi connectivity index (χ4v) is 3.43. The van der Waals surface area contributed by atoms with Crippen molar-refractivity contribution in [1.29, 1.82) is 0 Å². The van der Waals surface area contributed by atoms with Crippen LogP contribution < -0.4 is 20.3 Å². The van der Waals surface area contributed by atoms with Crippen LogP contribution in [0.1, 0.15) is 17.7 Å². The minimum absolute atomic E-state index is 0.0803. The summed E-state index contributed by atoms with van der Waals surface area (Å²) in [5.74, 6) is 0.764. The highest BCUT2D eigenvalue weighted by atomic mass is 32.1. The second-order valence-electron chi connectivity index (χ2n) is 6.05. The number of carbonyl (C=O) groups excluding carboxylic acids is 2. The lowest BCUT2D eigenvalue weighted by Gasteiger charge is -2.09. The van der Waals surface area contributed by atoms with Gasteiger partial charge in [0.25, 0.3) is 0 Å². The number of ether oxygens (including phenoxy) is 1. The first-order valence-electron chi connectivity index (χ1n) is 8.58. The fraction of sp³-hybridized carbons (Fsp3) is 0.389. The summed E-state index contributed by atoms with van der Waals surface area (Å²) >= 11 is 1.38. The summed E-state index contributed by atoms with van der Waals surface area (Å²) in [6, 6.07) is 7.75. The van der Waals surface area contributed by atoms with E-state index in [-0.39, 0.29) is 18.4 Å². The molecule has 1 aliphatic rings. The van der Waals surface area contributed by atoms with Gasteiger partial charge in [-0.3, -0.25) is 9.69 Å². The molecule has 0 bridgehead atoms. The third-order valence-corrected chi connectivity index (χ3v) is 4.78. The molecule has 3 amide bonds. The summed E-state index contributed by atoms with van der Waals surface area (Å²) in [7, 11) is 0. The first-order valence-corrected chi connectivity index (χ1v) is 9.46. The van der Waals surface area contributed by atoms with Crippen molar-refractivity contribution in [2.45, 2.75) is 19.8 Å². The van der Waals surface area contributed by atoms with E-state index in [0.717, 1.165) is 17.7 Å². The molecule has 1 aromatic carbocycles. The Morgan fingerprint density at radius 2 is 2.35 bits per heavy atom. The van der Waals surface area contributed by atoms with Crippen LogP contribution in [0.2, 0.25) is 0 Å². The molecule has 0 unspecified atom stereocenters. The molecule has 0 atom stereocenters. The van der Waals surface area contributed by atoms with Gasteiger partial charge in [-0.25, -0.2) is 9.78 Å². The molecule has 0 radical (unpaired) electrons. The van der Waals surface area contributed by atoms with Crippen molar-refractivity contribution in [3.05, 3.63) is 40.9 Å². The average Bonchev–Trinajstić information content (AvgIpc) is 3.23. The molecule has 2 heterocycles. The van der Waals surface area contributed by atoms with E-state index in [1.807, 2.05) is 36.6 Å². The first kappa shape index (κ1) is 18.2. The number of amides is 3. The van der Waals surface area contributed by atoms with E-state index in [2.05, 4.69) is 15.6 Å². The number of hydrogen-bond donors (Lipinski definition) is 2. The van der Waals surface area contributed by atoms with Gasteiger partial charge in [0, 0.05) is 25.0 Å². The fourth-order valence-electron chi connectivity index (χ4n) is 2.58. The topological polar surface area (TPSA) is 83.6 Å². The normalized spacial score (nSPS) is 13.6. The number of benzene rings is 1. The SMILES string of the molecule is Cc1cccc(OCCCNC(=O)Cc2csc(N3CCNC3=O)n2)c1. The maximum absolute atomic E-state index is 12.0. The molecule has 2 N–H and O–H groups in total. The Balaban J connectivity index is 1.35. The minimum Gasteiger partial charge on any atom is -0.494 e. The Morgan fingerprint density at radius 1 is 1.46 bits per heavy atom. The van der Waals surface area contributed by atoms with Crippen molar-refractivity contribution in [3.63, 3.8) is 0 Å². The largest absolute Gasteiger partial charge is 0.494 e. The van der Waals surface area contributed by atoms with E-state index in [1.165, 1.54) is 11.3 Å². The molecule has 2 aromatic rings. The lowest BCUT2D eigenvalue weighted by atomic mass is 10.2. The molecule has 1 aliphatic heterocycles. The Labute approximate surface area is 156 Å². The molecule has 8 heteroatoms. The lowest BCUT2D eigenvalue weighted by molar-refractivity contribution is -0.120. The number of nitrogens with zero attached hydrogens (tertiary/aromatic N) is 2. The van der Waals surface area contributed by atoms with Gasteiger partial charge in [0.2, 0.25) is 5.91 Å². The van der Waals surface area contributed by atoms with E-state index in [1.54, 1.807) is 4.90 Å². The number of carbonyl (C=O) groups is 2. The predicted octanol–water partition coefficient (Wildman–Crippen LogP) is 2.11. The van der Waals surface area contributed by atoms with E-state index in [4.69, 9.17) is 4.74 Å². The van der Waals surface area contributed by atoms with Gasteiger partial charge in [0.1, 0.15) is 5.75 Å². The average molecular weight is 374 g/mol. The summed E-state index contributed by atoms with van der Waals surface area (Å²) in [5.41, 5.74) is 1.84. The quantitative estimate of drug-likeness (QED) is 0.693. The van der Waals surface area contributed by atoms with Gasteiger partial charge in [-0.15, -0.1) is 11.3 Å². The smallest absolute Gasteiger partial charge is 0.323 e. The van der Waals surface area contributed by atoms with Crippen molar-refractivity contribution >= 4 is 28.4 Å². The third-order valence-electron chi connectivity index (χ3n) is 3.87. The Hall–Kier alpha value is -2.61. The highest BCUT2D eigenvalue weighted by Crippen LogP contribution is 2.22. The van der Waals surface area contributed by atoms with E-state index in [9.17, 15) is 9.59 Å². The van der Waals surface area contributed by atoms with Gasteiger partial charge < -0.3 is 15.4 Å². The van der Waals surface area contributed by atoms with Crippen molar-refractivity contribution < 1.29 is 14.3 Å². The highest BCUT2D eigenvalue weighted by Gasteiger charge is 2.23.